The summed E-state index contributed by atoms with van der Waals surface area (Å²) in [5.74, 6) is 0.547. The molecule has 0 aliphatic heterocycles. The fraction of sp³-hybridized carbons (Fsp3) is 0.750. The SMILES string of the molecule is [CH2]C(=O)NCCCC(C)C. The molecule has 2 nitrogen and oxygen atoms in total. The third-order valence-corrected chi connectivity index (χ3v) is 1.28. The Morgan fingerprint density at radius 3 is 2.60 bits per heavy atom. The van der Waals surface area contributed by atoms with Gasteiger partial charge < -0.3 is 5.32 Å². The molecule has 0 atom stereocenters. The van der Waals surface area contributed by atoms with Gasteiger partial charge in [-0.05, 0) is 18.8 Å². The van der Waals surface area contributed by atoms with E-state index >= 15 is 0 Å². The highest BCUT2D eigenvalue weighted by molar-refractivity contribution is 5.79. The van der Waals surface area contributed by atoms with Crippen molar-refractivity contribution in [1.29, 1.82) is 0 Å². The minimum absolute atomic E-state index is 0.177. The molecule has 0 aromatic rings. The van der Waals surface area contributed by atoms with Gasteiger partial charge in [-0.25, -0.2) is 0 Å². The van der Waals surface area contributed by atoms with Gasteiger partial charge in [0.05, 0.1) is 0 Å². The average Bonchev–Trinajstić information content (AvgIpc) is 1.79. The molecule has 1 N–H and O–H groups in total. The van der Waals surface area contributed by atoms with E-state index < -0.39 is 0 Å². The molecule has 0 aliphatic rings. The normalized spacial score (nSPS) is 10.0. The second kappa shape index (κ2) is 5.27. The molecule has 0 aromatic heterocycles. The molecular weight excluding hydrogens is 126 g/mol. The Bertz CT molecular complexity index is 99.4. The lowest BCUT2D eigenvalue weighted by Gasteiger charge is -2.03. The van der Waals surface area contributed by atoms with Gasteiger partial charge >= 0.3 is 0 Å². The van der Waals surface area contributed by atoms with Crippen LogP contribution in [0.2, 0.25) is 0 Å². The number of nitrogens with one attached hydrogen (secondary N) is 1. The Morgan fingerprint density at radius 1 is 1.60 bits per heavy atom. The summed E-state index contributed by atoms with van der Waals surface area (Å²) in [7, 11) is 0. The third kappa shape index (κ3) is 7.47. The number of amides is 1. The van der Waals surface area contributed by atoms with Crippen LogP contribution >= 0.6 is 0 Å². The summed E-state index contributed by atoms with van der Waals surface area (Å²) < 4.78 is 0. The van der Waals surface area contributed by atoms with Crippen LogP contribution in [-0.2, 0) is 4.79 Å². The molecule has 2 heteroatoms. The first kappa shape index (κ1) is 9.47. The van der Waals surface area contributed by atoms with Crippen molar-refractivity contribution in [2.75, 3.05) is 6.54 Å². The maximum absolute atomic E-state index is 10.3. The van der Waals surface area contributed by atoms with Gasteiger partial charge in [0.25, 0.3) is 0 Å². The Morgan fingerprint density at radius 2 is 2.20 bits per heavy atom. The molecule has 59 valence electrons. The van der Waals surface area contributed by atoms with Crippen molar-refractivity contribution >= 4 is 5.91 Å². The Hall–Kier alpha value is -0.530. The largest absolute Gasteiger partial charge is 0.356 e. The molecule has 10 heavy (non-hydrogen) atoms. The van der Waals surface area contributed by atoms with Crippen molar-refractivity contribution in [2.24, 2.45) is 5.92 Å². The van der Waals surface area contributed by atoms with Crippen LogP contribution in [-0.4, -0.2) is 12.5 Å². The number of hydrogen-bond acceptors (Lipinski definition) is 1. The zero-order chi connectivity index (χ0) is 7.98. The average molecular weight is 142 g/mol. The Labute approximate surface area is 63.0 Å². The van der Waals surface area contributed by atoms with Crippen LogP contribution in [0, 0.1) is 12.8 Å². The van der Waals surface area contributed by atoms with E-state index in [1.165, 1.54) is 6.42 Å². The van der Waals surface area contributed by atoms with Crippen molar-refractivity contribution in [3.8, 4) is 0 Å². The summed E-state index contributed by atoms with van der Waals surface area (Å²) in [5.41, 5.74) is 0. The fourth-order valence-electron chi connectivity index (χ4n) is 0.738. The number of hydrogen-bond donors (Lipinski definition) is 1. The lowest BCUT2D eigenvalue weighted by molar-refractivity contribution is -0.116. The standard InChI is InChI=1S/C8H16NO/c1-7(2)5-4-6-9-8(3)10/h7H,3-6H2,1-2H3,(H,9,10). The number of carbonyl (C=O) groups is 1. The monoisotopic (exact) mass is 142 g/mol. The second-order valence-corrected chi connectivity index (χ2v) is 2.89. The van der Waals surface area contributed by atoms with Gasteiger partial charge in [-0.2, -0.15) is 0 Å². The van der Waals surface area contributed by atoms with Gasteiger partial charge in [-0.3, -0.25) is 4.79 Å². The molecule has 1 amide bonds. The van der Waals surface area contributed by atoms with Gasteiger partial charge in [-0.1, -0.05) is 13.8 Å². The predicted molar refractivity (Wildman–Crippen MR) is 42.4 cm³/mol. The number of rotatable bonds is 4. The first-order valence-electron chi connectivity index (χ1n) is 3.72. The van der Waals surface area contributed by atoms with Crippen molar-refractivity contribution in [3.63, 3.8) is 0 Å². The van der Waals surface area contributed by atoms with E-state index in [9.17, 15) is 4.79 Å². The number of carbonyl (C=O) groups excluding carboxylic acids is 1. The van der Waals surface area contributed by atoms with Crippen LogP contribution < -0.4 is 5.32 Å². The zero-order valence-electron chi connectivity index (χ0n) is 6.81. The molecule has 0 heterocycles. The molecule has 1 radical (unpaired) electrons. The van der Waals surface area contributed by atoms with Crippen LogP contribution in [0.5, 0.6) is 0 Å². The van der Waals surface area contributed by atoms with Crippen LogP contribution in [0.1, 0.15) is 26.7 Å². The minimum atomic E-state index is -0.177. The van der Waals surface area contributed by atoms with Crippen molar-refractivity contribution in [3.05, 3.63) is 6.92 Å². The first-order chi connectivity index (χ1) is 4.63. The minimum Gasteiger partial charge on any atom is -0.356 e. The van der Waals surface area contributed by atoms with Crippen molar-refractivity contribution < 1.29 is 4.79 Å². The molecule has 0 spiro atoms. The highest BCUT2D eigenvalue weighted by Crippen LogP contribution is 2.01. The quantitative estimate of drug-likeness (QED) is 0.590. The van der Waals surface area contributed by atoms with Gasteiger partial charge in [0, 0.05) is 13.5 Å². The molecule has 0 fully saturated rings. The van der Waals surface area contributed by atoms with Gasteiger partial charge in [0.1, 0.15) is 0 Å². The molecule has 0 bridgehead atoms. The van der Waals surface area contributed by atoms with Crippen LogP contribution in [0.3, 0.4) is 0 Å². The summed E-state index contributed by atoms with van der Waals surface area (Å²) in [5, 5.41) is 2.65. The summed E-state index contributed by atoms with van der Waals surface area (Å²) >= 11 is 0. The lowest BCUT2D eigenvalue weighted by atomic mass is 10.1. The second-order valence-electron chi connectivity index (χ2n) is 2.89. The van der Waals surface area contributed by atoms with E-state index in [0.29, 0.717) is 0 Å². The first-order valence-corrected chi connectivity index (χ1v) is 3.72. The molecular formula is C8H16NO. The molecule has 0 aromatic carbocycles. The van der Waals surface area contributed by atoms with Gasteiger partial charge in [-0.15, -0.1) is 0 Å². The van der Waals surface area contributed by atoms with E-state index in [1.54, 1.807) is 0 Å². The van der Waals surface area contributed by atoms with E-state index in [-0.39, 0.29) is 5.91 Å². The van der Waals surface area contributed by atoms with Crippen LogP contribution in [0.4, 0.5) is 0 Å². The topological polar surface area (TPSA) is 29.1 Å². The predicted octanol–water partition coefficient (Wildman–Crippen LogP) is 1.37. The maximum atomic E-state index is 10.3. The summed E-state index contributed by atoms with van der Waals surface area (Å²) in [6.07, 6.45) is 2.22. The molecule has 0 unspecified atom stereocenters. The van der Waals surface area contributed by atoms with E-state index in [4.69, 9.17) is 0 Å². The van der Waals surface area contributed by atoms with Crippen molar-refractivity contribution in [1.82, 2.24) is 5.32 Å². The Balaban J connectivity index is 2.98. The molecule has 0 saturated heterocycles. The van der Waals surface area contributed by atoms with Gasteiger partial charge in [0.15, 0.2) is 0 Å². The Kier molecular flexibility index (Phi) is 4.99. The van der Waals surface area contributed by atoms with Crippen LogP contribution in [0.25, 0.3) is 0 Å². The van der Waals surface area contributed by atoms with E-state index in [0.717, 1.165) is 18.9 Å². The summed E-state index contributed by atoms with van der Waals surface area (Å²) in [4.78, 5) is 10.3. The van der Waals surface area contributed by atoms with Crippen molar-refractivity contribution in [2.45, 2.75) is 26.7 Å². The van der Waals surface area contributed by atoms with Gasteiger partial charge in [0.2, 0.25) is 5.91 Å². The smallest absolute Gasteiger partial charge is 0.220 e. The highest BCUT2D eigenvalue weighted by atomic mass is 16.1. The molecule has 0 aliphatic carbocycles. The maximum Gasteiger partial charge on any atom is 0.220 e. The molecule has 0 saturated carbocycles. The zero-order valence-corrected chi connectivity index (χ0v) is 6.81. The van der Waals surface area contributed by atoms with E-state index in [2.05, 4.69) is 26.1 Å². The highest BCUT2D eigenvalue weighted by Gasteiger charge is 1.93. The fourth-order valence-corrected chi connectivity index (χ4v) is 0.738. The van der Waals surface area contributed by atoms with Crippen LogP contribution in [0.15, 0.2) is 0 Å². The summed E-state index contributed by atoms with van der Waals surface area (Å²) in [6, 6.07) is 0. The van der Waals surface area contributed by atoms with E-state index in [1.807, 2.05) is 0 Å². The lowest BCUT2D eigenvalue weighted by Crippen LogP contribution is -2.21. The molecule has 0 rings (SSSR count). The summed E-state index contributed by atoms with van der Waals surface area (Å²) in [6.45, 7) is 8.31. The third-order valence-electron chi connectivity index (χ3n) is 1.28.